The zero-order chi connectivity index (χ0) is 20.3. The molecule has 0 aromatic heterocycles. The molecule has 150 valence electrons. The number of carboxylic acid groups (broad SMARTS) is 1. The zero-order valence-electron chi connectivity index (χ0n) is 15.9. The van der Waals surface area contributed by atoms with Gasteiger partial charge in [-0.25, -0.2) is 0 Å². The van der Waals surface area contributed by atoms with E-state index in [0.29, 0.717) is 12.8 Å². The van der Waals surface area contributed by atoms with E-state index >= 15 is 0 Å². The number of hydrogen-bond acceptors (Lipinski definition) is 4. The first-order chi connectivity index (χ1) is 13.0. The molecule has 4 N–H and O–H groups in total. The van der Waals surface area contributed by atoms with E-state index in [1.54, 1.807) is 54.7 Å². The summed E-state index contributed by atoms with van der Waals surface area (Å²) in [5.74, 6) is -0.861. The predicted octanol–water partition coefficient (Wildman–Crippen LogP) is 3.46. The van der Waals surface area contributed by atoms with Crippen LogP contribution in [-0.2, 0) is 4.79 Å². The van der Waals surface area contributed by atoms with Gasteiger partial charge in [0.25, 0.3) is 0 Å². The fraction of sp³-hybridized carbons (Fsp3) is 0.409. The van der Waals surface area contributed by atoms with Gasteiger partial charge in [-0.1, -0.05) is 79.8 Å². The Labute approximate surface area is 162 Å². The van der Waals surface area contributed by atoms with Gasteiger partial charge < -0.3 is 20.4 Å². The van der Waals surface area contributed by atoms with Gasteiger partial charge in [-0.15, -0.1) is 0 Å². The van der Waals surface area contributed by atoms with Crippen LogP contribution >= 0.6 is 0 Å². The maximum absolute atomic E-state index is 10.4. The highest BCUT2D eigenvalue weighted by molar-refractivity contribution is 5.66. The Morgan fingerprint density at radius 1 is 0.815 bits per heavy atom. The molecule has 27 heavy (non-hydrogen) atoms. The fourth-order valence-corrected chi connectivity index (χ4v) is 1.94. The lowest BCUT2D eigenvalue weighted by atomic mass is 10.1. The number of aliphatic hydroxyl groups excluding tert-OH is 3. The van der Waals surface area contributed by atoms with Crippen LogP contribution < -0.4 is 0 Å². The van der Waals surface area contributed by atoms with E-state index < -0.39 is 24.3 Å². The van der Waals surface area contributed by atoms with Crippen LogP contribution in [0, 0.1) is 0 Å². The maximum Gasteiger partial charge on any atom is 0.303 e. The number of allylic oxidation sites excluding steroid dienone is 8. The van der Waals surface area contributed by atoms with Gasteiger partial charge in [0.1, 0.15) is 0 Å². The molecule has 0 amide bonds. The minimum atomic E-state index is -0.992. The Morgan fingerprint density at radius 3 is 2.04 bits per heavy atom. The number of carbonyl (C=O) groups is 1. The van der Waals surface area contributed by atoms with Crippen LogP contribution in [0.5, 0.6) is 0 Å². The number of carboxylic acids is 1. The van der Waals surface area contributed by atoms with Gasteiger partial charge in [-0.3, -0.25) is 4.79 Å². The van der Waals surface area contributed by atoms with Gasteiger partial charge >= 0.3 is 5.97 Å². The summed E-state index contributed by atoms with van der Waals surface area (Å²) in [7, 11) is 0. The first-order valence-corrected chi connectivity index (χ1v) is 9.21. The van der Waals surface area contributed by atoms with Crippen molar-refractivity contribution >= 4 is 5.97 Å². The first-order valence-electron chi connectivity index (χ1n) is 9.21. The largest absolute Gasteiger partial charge is 0.481 e. The van der Waals surface area contributed by atoms with Crippen molar-refractivity contribution in [1.82, 2.24) is 0 Å². The summed E-state index contributed by atoms with van der Waals surface area (Å²) in [5, 5.41) is 37.7. The summed E-state index contributed by atoms with van der Waals surface area (Å²) in [6.45, 7) is 2.05. The van der Waals surface area contributed by atoms with Crippen LogP contribution in [0.4, 0.5) is 0 Å². The first kappa shape index (κ1) is 24.8. The van der Waals surface area contributed by atoms with Crippen LogP contribution in [0.15, 0.2) is 72.9 Å². The van der Waals surface area contributed by atoms with E-state index in [1.807, 2.05) is 19.1 Å². The highest BCUT2D eigenvalue weighted by atomic mass is 16.4. The Bertz CT molecular complexity index is 555. The molecule has 0 aromatic rings. The molecule has 5 nitrogen and oxygen atoms in total. The van der Waals surface area contributed by atoms with Crippen molar-refractivity contribution in [3.05, 3.63) is 72.9 Å². The van der Waals surface area contributed by atoms with Crippen LogP contribution in [0.25, 0.3) is 0 Å². The zero-order valence-corrected chi connectivity index (χ0v) is 15.9. The molecule has 0 unspecified atom stereocenters. The highest BCUT2D eigenvalue weighted by Gasteiger charge is 2.10. The van der Waals surface area contributed by atoms with E-state index in [4.69, 9.17) is 5.11 Å². The Kier molecular flexibility index (Phi) is 15.8. The minimum absolute atomic E-state index is 0.0530. The highest BCUT2D eigenvalue weighted by Crippen LogP contribution is 2.03. The summed E-state index contributed by atoms with van der Waals surface area (Å²) in [5.41, 5.74) is 0. The SMILES string of the molecule is CC/C=C/C[C@@H](O)/C=C/C=C/C=C/C=C[C@@H](O)[C@@H](O)C/C=C/CCC(=O)O. The third kappa shape index (κ3) is 17.0. The van der Waals surface area contributed by atoms with Crippen molar-refractivity contribution in [3.8, 4) is 0 Å². The topological polar surface area (TPSA) is 98.0 Å². The van der Waals surface area contributed by atoms with Crippen molar-refractivity contribution in [3.63, 3.8) is 0 Å². The third-order valence-electron chi connectivity index (χ3n) is 3.44. The molecule has 0 saturated heterocycles. The number of aliphatic carboxylic acids is 1. The normalized spacial score (nSPS) is 16.6. The monoisotopic (exact) mass is 376 g/mol. The number of rotatable bonds is 14. The standard InChI is InChI=1S/C22H32O5/c1-2-3-9-14-19(23)15-10-6-4-5-7-11-16-20(24)21(25)17-12-8-13-18-22(26)27/h3-12,15-16,19-21,23-25H,2,13-14,17-18H2,1H3,(H,26,27)/b6-4+,7-5+,9-3+,12-8+,15-10+,16-11?/t19-,20-,21+/m1/s1. The Balaban J connectivity index is 4.06. The van der Waals surface area contributed by atoms with Gasteiger partial charge in [0.05, 0.1) is 18.3 Å². The molecule has 3 atom stereocenters. The van der Waals surface area contributed by atoms with Gasteiger partial charge in [-0.2, -0.15) is 0 Å². The predicted molar refractivity (Wildman–Crippen MR) is 109 cm³/mol. The number of hydrogen-bond donors (Lipinski definition) is 4. The molecule has 0 heterocycles. The summed E-state index contributed by atoms with van der Waals surface area (Å²) in [4.78, 5) is 10.4. The lowest BCUT2D eigenvalue weighted by Gasteiger charge is -2.11. The summed E-state index contributed by atoms with van der Waals surface area (Å²) in [6, 6.07) is 0. The third-order valence-corrected chi connectivity index (χ3v) is 3.44. The smallest absolute Gasteiger partial charge is 0.303 e. The Hall–Kier alpha value is -2.21. The molecular weight excluding hydrogens is 344 g/mol. The van der Waals surface area contributed by atoms with E-state index in [1.165, 1.54) is 6.08 Å². The molecule has 0 saturated carbocycles. The molecule has 0 radical (unpaired) electrons. The van der Waals surface area contributed by atoms with Crippen LogP contribution in [0.2, 0.25) is 0 Å². The van der Waals surface area contributed by atoms with Crippen LogP contribution in [0.1, 0.15) is 39.0 Å². The molecular formula is C22H32O5. The summed E-state index contributed by atoms with van der Waals surface area (Å²) >= 11 is 0. The molecule has 0 aliphatic rings. The van der Waals surface area contributed by atoms with Crippen molar-refractivity contribution in [2.75, 3.05) is 0 Å². The van der Waals surface area contributed by atoms with Crippen LogP contribution in [0.3, 0.4) is 0 Å². The summed E-state index contributed by atoms with van der Waals surface area (Å²) in [6.07, 6.45) is 20.9. The van der Waals surface area contributed by atoms with E-state index in [-0.39, 0.29) is 12.8 Å². The van der Waals surface area contributed by atoms with Gasteiger partial charge in [-0.05, 0) is 25.7 Å². The minimum Gasteiger partial charge on any atom is -0.481 e. The lowest BCUT2D eigenvalue weighted by molar-refractivity contribution is -0.136. The molecule has 5 heteroatoms. The molecule has 0 aliphatic heterocycles. The second-order valence-electron chi connectivity index (χ2n) is 5.92. The molecule has 0 aliphatic carbocycles. The van der Waals surface area contributed by atoms with E-state index in [9.17, 15) is 20.1 Å². The summed E-state index contributed by atoms with van der Waals surface area (Å²) < 4.78 is 0. The molecule has 0 fully saturated rings. The van der Waals surface area contributed by atoms with Crippen molar-refractivity contribution < 1.29 is 25.2 Å². The molecule has 0 rings (SSSR count). The van der Waals surface area contributed by atoms with Crippen LogP contribution in [-0.4, -0.2) is 44.7 Å². The van der Waals surface area contributed by atoms with Gasteiger partial charge in [0.2, 0.25) is 0 Å². The molecule has 0 bridgehead atoms. The van der Waals surface area contributed by atoms with E-state index in [2.05, 4.69) is 0 Å². The lowest BCUT2D eigenvalue weighted by Crippen LogP contribution is -2.22. The second-order valence-corrected chi connectivity index (χ2v) is 5.92. The maximum atomic E-state index is 10.4. The molecule has 0 spiro atoms. The second kappa shape index (κ2) is 17.2. The van der Waals surface area contributed by atoms with Gasteiger partial charge in [0.15, 0.2) is 0 Å². The van der Waals surface area contributed by atoms with Crippen molar-refractivity contribution in [1.29, 1.82) is 0 Å². The average Bonchev–Trinajstić information content (AvgIpc) is 2.63. The van der Waals surface area contributed by atoms with Gasteiger partial charge in [0, 0.05) is 6.42 Å². The quantitative estimate of drug-likeness (QED) is 0.275. The number of aliphatic hydroxyl groups is 3. The van der Waals surface area contributed by atoms with Crippen molar-refractivity contribution in [2.45, 2.75) is 57.3 Å². The van der Waals surface area contributed by atoms with Crippen molar-refractivity contribution in [2.24, 2.45) is 0 Å². The Morgan fingerprint density at radius 2 is 1.41 bits per heavy atom. The van der Waals surface area contributed by atoms with E-state index in [0.717, 1.165) is 6.42 Å². The molecule has 0 aromatic carbocycles. The average molecular weight is 376 g/mol. The fourth-order valence-electron chi connectivity index (χ4n) is 1.94.